The van der Waals surface area contributed by atoms with Crippen molar-refractivity contribution in [1.29, 1.82) is 0 Å². The van der Waals surface area contributed by atoms with E-state index in [0.717, 1.165) is 5.56 Å². The fourth-order valence-electron chi connectivity index (χ4n) is 3.86. The molecule has 35 heavy (non-hydrogen) atoms. The molecule has 0 radical (unpaired) electrons. The van der Waals surface area contributed by atoms with E-state index in [1.165, 1.54) is 16.8 Å². The number of nitrogens with one attached hydrogen (secondary N) is 2. The SMILES string of the molecule is Cc1ccc(C)c(S(=O)(=O)Nc2ccccc2C(=O)Nc2c(C)n(C)n(-c3ccccc3)c2=O)c1. The summed E-state index contributed by atoms with van der Waals surface area (Å²) in [6.07, 6.45) is 0. The smallest absolute Gasteiger partial charge is 0.295 e. The van der Waals surface area contributed by atoms with E-state index < -0.39 is 21.5 Å². The molecule has 4 aromatic rings. The minimum absolute atomic E-state index is 0.0929. The number of aromatic nitrogens is 2. The van der Waals surface area contributed by atoms with Gasteiger partial charge in [-0.05, 0) is 62.2 Å². The Bertz CT molecular complexity index is 1590. The second-order valence-electron chi connectivity index (χ2n) is 8.31. The summed E-state index contributed by atoms with van der Waals surface area (Å²) in [7, 11) is -2.22. The van der Waals surface area contributed by atoms with Crippen molar-refractivity contribution in [2.75, 3.05) is 10.0 Å². The number of para-hydroxylation sites is 2. The summed E-state index contributed by atoms with van der Waals surface area (Å²) in [5.41, 5.74) is 2.54. The zero-order chi connectivity index (χ0) is 25.3. The molecule has 1 heterocycles. The van der Waals surface area contributed by atoms with Crippen LogP contribution in [0, 0.1) is 20.8 Å². The molecule has 0 saturated carbocycles. The first-order valence-corrected chi connectivity index (χ1v) is 12.4. The fraction of sp³-hybridized carbons (Fsp3) is 0.154. The summed E-state index contributed by atoms with van der Waals surface area (Å²) in [5, 5.41) is 2.68. The van der Waals surface area contributed by atoms with Crippen molar-refractivity contribution in [2.45, 2.75) is 25.7 Å². The molecule has 8 nitrogen and oxygen atoms in total. The fourth-order valence-corrected chi connectivity index (χ4v) is 5.27. The number of carbonyl (C=O) groups is 1. The maximum atomic E-state index is 13.2. The molecule has 1 amide bonds. The standard InChI is InChI=1S/C26H26N4O4S/c1-17-14-15-18(2)23(16-17)35(33,34)28-22-13-9-8-12-21(22)25(31)27-24-19(3)29(4)30(26(24)32)20-10-6-5-7-11-20/h5-16,28H,1-4H3,(H,27,31). The van der Waals surface area contributed by atoms with Gasteiger partial charge in [-0.15, -0.1) is 0 Å². The van der Waals surface area contributed by atoms with E-state index in [2.05, 4.69) is 10.0 Å². The third-order valence-electron chi connectivity index (χ3n) is 5.84. The monoisotopic (exact) mass is 490 g/mol. The van der Waals surface area contributed by atoms with Crippen LogP contribution in [-0.2, 0) is 17.1 Å². The summed E-state index contributed by atoms with van der Waals surface area (Å²) in [4.78, 5) is 26.5. The second-order valence-corrected chi connectivity index (χ2v) is 9.96. The quantitative estimate of drug-likeness (QED) is 0.424. The predicted octanol–water partition coefficient (Wildman–Crippen LogP) is 4.15. The molecule has 0 fully saturated rings. The average molecular weight is 491 g/mol. The van der Waals surface area contributed by atoms with Crippen LogP contribution in [0.1, 0.15) is 27.2 Å². The van der Waals surface area contributed by atoms with E-state index in [0.29, 0.717) is 16.9 Å². The van der Waals surface area contributed by atoms with Gasteiger partial charge in [-0.3, -0.25) is 19.0 Å². The van der Waals surface area contributed by atoms with Crippen LogP contribution in [0.2, 0.25) is 0 Å². The molecule has 9 heteroatoms. The van der Waals surface area contributed by atoms with E-state index >= 15 is 0 Å². The Kier molecular flexibility index (Phi) is 6.36. The van der Waals surface area contributed by atoms with E-state index in [9.17, 15) is 18.0 Å². The lowest BCUT2D eigenvalue weighted by molar-refractivity contribution is 0.102. The highest BCUT2D eigenvalue weighted by Gasteiger charge is 2.23. The number of hydrogen-bond acceptors (Lipinski definition) is 4. The van der Waals surface area contributed by atoms with E-state index in [1.54, 1.807) is 62.0 Å². The van der Waals surface area contributed by atoms with Gasteiger partial charge in [0.15, 0.2) is 0 Å². The maximum Gasteiger partial charge on any atom is 0.295 e. The maximum absolute atomic E-state index is 13.2. The van der Waals surface area contributed by atoms with Crippen molar-refractivity contribution in [2.24, 2.45) is 7.05 Å². The Morgan fingerprint density at radius 3 is 2.26 bits per heavy atom. The molecular formula is C26H26N4O4S. The number of hydrogen-bond donors (Lipinski definition) is 2. The number of nitrogens with zero attached hydrogens (tertiary/aromatic N) is 2. The van der Waals surface area contributed by atoms with Crippen LogP contribution in [0.4, 0.5) is 11.4 Å². The molecule has 2 N–H and O–H groups in total. The van der Waals surface area contributed by atoms with Crippen LogP contribution in [0.5, 0.6) is 0 Å². The molecule has 0 spiro atoms. The number of rotatable bonds is 6. The van der Waals surface area contributed by atoms with Crippen molar-refractivity contribution < 1.29 is 13.2 Å². The molecule has 180 valence electrons. The Balaban J connectivity index is 1.68. The third kappa shape index (κ3) is 4.63. The molecule has 0 saturated heterocycles. The van der Waals surface area contributed by atoms with Gasteiger partial charge in [0.25, 0.3) is 21.5 Å². The first-order valence-electron chi connectivity index (χ1n) is 10.9. The molecule has 3 aromatic carbocycles. The molecular weight excluding hydrogens is 464 g/mol. The van der Waals surface area contributed by atoms with Gasteiger partial charge in [0, 0.05) is 7.05 Å². The van der Waals surface area contributed by atoms with Crippen molar-refractivity contribution >= 4 is 27.3 Å². The number of anilines is 2. The van der Waals surface area contributed by atoms with Crippen LogP contribution in [0.25, 0.3) is 5.69 Å². The molecule has 0 aliphatic rings. The minimum Gasteiger partial charge on any atom is -0.316 e. The number of amides is 1. The van der Waals surface area contributed by atoms with Gasteiger partial charge in [0.2, 0.25) is 0 Å². The third-order valence-corrected chi connectivity index (χ3v) is 7.35. The zero-order valence-electron chi connectivity index (χ0n) is 19.9. The summed E-state index contributed by atoms with van der Waals surface area (Å²) in [6, 6.07) is 20.5. The van der Waals surface area contributed by atoms with E-state index in [1.807, 2.05) is 31.2 Å². The molecule has 0 unspecified atom stereocenters. The summed E-state index contributed by atoms with van der Waals surface area (Å²) in [6.45, 7) is 5.25. The van der Waals surface area contributed by atoms with Crippen LogP contribution >= 0.6 is 0 Å². The highest BCUT2D eigenvalue weighted by Crippen LogP contribution is 2.24. The van der Waals surface area contributed by atoms with Gasteiger partial charge in [-0.25, -0.2) is 13.1 Å². The molecule has 4 rings (SSSR count). The van der Waals surface area contributed by atoms with Gasteiger partial charge in [-0.1, -0.05) is 42.5 Å². The van der Waals surface area contributed by atoms with Crippen LogP contribution in [-0.4, -0.2) is 23.7 Å². The number of benzene rings is 3. The van der Waals surface area contributed by atoms with Crippen LogP contribution in [0.3, 0.4) is 0 Å². The molecule has 0 atom stereocenters. The Hall–Kier alpha value is -4.11. The topological polar surface area (TPSA) is 102 Å². The molecule has 1 aromatic heterocycles. The lowest BCUT2D eigenvalue weighted by Gasteiger charge is -2.14. The molecule has 0 aliphatic heterocycles. The number of aryl methyl sites for hydroxylation is 2. The van der Waals surface area contributed by atoms with Crippen LogP contribution in [0.15, 0.2) is 82.5 Å². The van der Waals surface area contributed by atoms with E-state index in [4.69, 9.17) is 0 Å². The predicted molar refractivity (Wildman–Crippen MR) is 137 cm³/mol. The Morgan fingerprint density at radius 1 is 0.886 bits per heavy atom. The van der Waals surface area contributed by atoms with Gasteiger partial charge in [0.1, 0.15) is 5.69 Å². The first-order chi connectivity index (χ1) is 16.6. The van der Waals surface area contributed by atoms with Gasteiger partial charge >= 0.3 is 0 Å². The second kappa shape index (κ2) is 9.27. The summed E-state index contributed by atoms with van der Waals surface area (Å²) in [5.74, 6) is -0.602. The van der Waals surface area contributed by atoms with Gasteiger partial charge < -0.3 is 5.32 Å². The normalized spacial score (nSPS) is 11.3. The lowest BCUT2D eigenvalue weighted by Crippen LogP contribution is -2.24. The number of sulfonamides is 1. The van der Waals surface area contributed by atoms with Crippen LogP contribution < -0.4 is 15.6 Å². The lowest BCUT2D eigenvalue weighted by atomic mass is 10.1. The minimum atomic E-state index is -3.95. The van der Waals surface area contributed by atoms with Gasteiger partial charge in [0.05, 0.1) is 27.5 Å². The highest BCUT2D eigenvalue weighted by molar-refractivity contribution is 7.92. The summed E-state index contributed by atoms with van der Waals surface area (Å²) >= 11 is 0. The molecule has 0 aliphatic carbocycles. The Labute approximate surface area is 203 Å². The number of carbonyl (C=O) groups excluding carboxylic acids is 1. The zero-order valence-corrected chi connectivity index (χ0v) is 20.7. The van der Waals surface area contributed by atoms with Crippen molar-refractivity contribution in [3.63, 3.8) is 0 Å². The summed E-state index contributed by atoms with van der Waals surface area (Å²) < 4.78 is 31.9. The van der Waals surface area contributed by atoms with Crippen molar-refractivity contribution in [3.8, 4) is 5.69 Å². The Morgan fingerprint density at radius 2 is 1.54 bits per heavy atom. The van der Waals surface area contributed by atoms with Gasteiger partial charge in [-0.2, -0.15) is 0 Å². The van der Waals surface area contributed by atoms with Crippen molar-refractivity contribution in [1.82, 2.24) is 9.36 Å². The average Bonchev–Trinajstić information content (AvgIpc) is 3.04. The van der Waals surface area contributed by atoms with Crippen molar-refractivity contribution in [3.05, 3.63) is 106 Å². The largest absolute Gasteiger partial charge is 0.316 e. The van der Waals surface area contributed by atoms with E-state index in [-0.39, 0.29) is 21.8 Å². The first kappa shape index (κ1) is 24.0. The highest BCUT2D eigenvalue weighted by atomic mass is 32.2. The molecule has 0 bridgehead atoms.